The van der Waals surface area contributed by atoms with Crippen molar-refractivity contribution in [1.29, 1.82) is 0 Å². The number of para-hydroxylation sites is 1. The van der Waals surface area contributed by atoms with Crippen LogP contribution in [-0.4, -0.2) is 31.8 Å². The van der Waals surface area contributed by atoms with Gasteiger partial charge >= 0.3 is 0 Å². The topological polar surface area (TPSA) is 48.1 Å². The standard InChI is InChI=1S/C30H29N5S/c1-2-7-23(8-3-1)12-14-27-21-34(36-28-15-13-24-10-6-16-32-29(24)17-28)19-25-9-4-5-11-30(25)35(27)20-26-18-31-22-33-26/h1-11,13,15-18,22,27H,12,14,19-21H2,(H,31,33). The predicted octanol–water partition coefficient (Wildman–Crippen LogP) is 6.49. The highest BCUT2D eigenvalue weighted by Gasteiger charge is 2.29. The normalized spacial score (nSPS) is 16.1. The van der Waals surface area contributed by atoms with Gasteiger partial charge in [-0.2, -0.15) is 0 Å². The minimum atomic E-state index is 0.350. The van der Waals surface area contributed by atoms with E-state index >= 15 is 0 Å². The molecule has 3 aromatic carbocycles. The highest BCUT2D eigenvalue weighted by atomic mass is 32.2. The van der Waals surface area contributed by atoms with Crippen LogP contribution in [0, 0.1) is 0 Å². The molecule has 36 heavy (non-hydrogen) atoms. The first-order valence-corrected chi connectivity index (χ1v) is 13.2. The number of aromatic amines is 1. The molecular weight excluding hydrogens is 462 g/mol. The van der Waals surface area contributed by atoms with E-state index in [4.69, 9.17) is 0 Å². The van der Waals surface area contributed by atoms with Gasteiger partial charge in [0.2, 0.25) is 0 Å². The number of rotatable bonds is 7. The number of hydrogen-bond acceptors (Lipinski definition) is 5. The van der Waals surface area contributed by atoms with Crippen LogP contribution in [0.25, 0.3) is 10.9 Å². The Labute approximate surface area is 216 Å². The number of hydrogen-bond donors (Lipinski definition) is 1. The van der Waals surface area contributed by atoms with E-state index < -0.39 is 0 Å². The molecule has 0 bridgehead atoms. The van der Waals surface area contributed by atoms with Crippen LogP contribution in [0.4, 0.5) is 5.69 Å². The van der Waals surface area contributed by atoms with Gasteiger partial charge in [-0.05, 0) is 60.2 Å². The van der Waals surface area contributed by atoms with E-state index in [0.717, 1.165) is 43.7 Å². The summed E-state index contributed by atoms with van der Waals surface area (Å²) in [5.74, 6) is 0. The molecule has 0 spiro atoms. The number of aromatic nitrogens is 3. The Bertz CT molecular complexity index is 1420. The van der Waals surface area contributed by atoms with Crippen molar-refractivity contribution >= 4 is 28.5 Å². The molecule has 3 heterocycles. The number of aryl methyl sites for hydroxylation is 1. The third-order valence-electron chi connectivity index (χ3n) is 6.82. The highest BCUT2D eigenvalue weighted by Crippen LogP contribution is 2.36. The molecule has 1 atom stereocenters. The molecule has 5 nitrogen and oxygen atoms in total. The number of nitrogens with zero attached hydrogens (tertiary/aromatic N) is 4. The molecule has 0 amide bonds. The summed E-state index contributed by atoms with van der Waals surface area (Å²) in [6.45, 7) is 2.66. The average molecular weight is 492 g/mol. The molecule has 1 aliphatic rings. The van der Waals surface area contributed by atoms with Crippen LogP contribution >= 0.6 is 11.9 Å². The van der Waals surface area contributed by atoms with E-state index in [1.807, 2.05) is 30.4 Å². The maximum Gasteiger partial charge on any atom is 0.0922 e. The van der Waals surface area contributed by atoms with Crippen LogP contribution in [0.3, 0.4) is 0 Å². The Morgan fingerprint density at radius 3 is 2.72 bits per heavy atom. The smallest absolute Gasteiger partial charge is 0.0922 e. The van der Waals surface area contributed by atoms with E-state index in [1.54, 1.807) is 6.33 Å². The molecule has 180 valence electrons. The molecule has 0 aliphatic carbocycles. The fourth-order valence-electron chi connectivity index (χ4n) is 5.03. The summed E-state index contributed by atoms with van der Waals surface area (Å²) in [5, 5.41) is 1.18. The molecule has 2 aromatic heterocycles. The van der Waals surface area contributed by atoms with Gasteiger partial charge in [0.25, 0.3) is 0 Å². The number of fused-ring (bicyclic) bond motifs is 2. The van der Waals surface area contributed by atoms with Crippen LogP contribution in [0.1, 0.15) is 23.2 Å². The van der Waals surface area contributed by atoms with E-state index in [-0.39, 0.29) is 0 Å². The van der Waals surface area contributed by atoms with Gasteiger partial charge in [0.15, 0.2) is 0 Å². The van der Waals surface area contributed by atoms with Crippen molar-refractivity contribution in [3.8, 4) is 0 Å². The van der Waals surface area contributed by atoms with Crippen molar-refractivity contribution in [2.24, 2.45) is 0 Å². The zero-order valence-corrected chi connectivity index (χ0v) is 20.9. The third kappa shape index (κ3) is 5.15. The largest absolute Gasteiger partial charge is 0.361 e. The second-order valence-electron chi connectivity index (χ2n) is 9.28. The lowest BCUT2D eigenvalue weighted by Crippen LogP contribution is -2.40. The van der Waals surface area contributed by atoms with E-state index in [0.29, 0.717) is 6.04 Å². The molecule has 6 rings (SSSR count). The second-order valence-corrected chi connectivity index (χ2v) is 10.5. The number of nitrogens with one attached hydrogen (secondary N) is 1. The molecule has 0 fully saturated rings. The Morgan fingerprint density at radius 1 is 0.944 bits per heavy atom. The van der Waals surface area contributed by atoms with Crippen LogP contribution in [0.5, 0.6) is 0 Å². The number of H-pyrrole nitrogens is 1. The molecule has 0 saturated heterocycles. The predicted molar refractivity (Wildman–Crippen MR) is 148 cm³/mol. The Morgan fingerprint density at radius 2 is 1.83 bits per heavy atom. The maximum atomic E-state index is 4.57. The number of anilines is 1. The van der Waals surface area contributed by atoms with Crippen molar-refractivity contribution in [2.75, 3.05) is 11.4 Å². The molecule has 0 saturated carbocycles. The summed E-state index contributed by atoms with van der Waals surface area (Å²) < 4.78 is 2.52. The van der Waals surface area contributed by atoms with Gasteiger partial charge in [-0.25, -0.2) is 9.29 Å². The Hall–Kier alpha value is -3.61. The molecule has 1 N–H and O–H groups in total. The zero-order valence-electron chi connectivity index (χ0n) is 20.1. The number of pyridine rings is 1. The van der Waals surface area contributed by atoms with Crippen molar-refractivity contribution in [1.82, 2.24) is 19.3 Å². The van der Waals surface area contributed by atoms with Crippen LogP contribution in [0.15, 0.2) is 109 Å². The number of benzene rings is 3. The fraction of sp³-hybridized carbons (Fsp3) is 0.200. The van der Waals surface area contributed by atoms with Gasteiger partial charge in [-0.3, -0.25) is 4.98 Å². The lowest BCUT2D eigenvalue weighted by atomic mass is 10.0. The SMILES string of the molecule is c1ccc(CCC2CN(Sc3ccc4cccnc4c3)Cc3ccccc3N2Cc2cnc[nH]2)cc1. The highest BCUT2D eigenvalue weighted by molar-refractivity contribution is 7.97. The van der Waals surface area contributed by atoms with Crippen molar-refractivity contribution < 1.29 is 0 Å². The summed E-state index contributed by atoms with van der Waals surface area (Å²) in [7, 11) is 0. The average Bonchev–Trinajstić information content (AvgIpc) is 3.39. The first kappa shape index (κ1) is 22.8. The Kier molecular flexibility index (Phi) is 6.70. The lowest BCUT2D eigenvalue weighted by molar-refractivity contribution is 0.407. The monoisotopic (exact) mass is 491 g/mol. The van der Waals surface area contributed by atoms with Gasteiger partial charge in [-0.15, -0.1) is 0 Å². The first-order valence-electron chi connectivity index (χ1n) is 12.5. The lowest BCUT2D eigenvalue weighted by Gasteiger charge is -2.34. The van der Waals surface area contributed by atoms with E-state index in [1.165, 1.54) is 27.1 Å². The van der Waals surface area contributed by atoms with Crippen molar-refractivity contribution in [2.45, 2.75) is 36.9 Å². The Balaban J connectivity index is 1.32. The maximum absolute atomic E-state index is 4.57. The van der Waals surface area contributed by atoms with Crippen molar-refractivity contribution in [3.63, 3.8) is 0 Å². The fourth-order valence-corrected chi connectivity index (χ4v) is 6.07. The quantitative estimate of drug-likeness (QED) is 0.264. The summed E-state index contributed by atoms with van der Waals surface area (Å²) in [6, 6.07) is 30.7. The van der Waals surface area contributed by atoms with Gasteiger partial charge in [0.1, 0.15) is 0 Å². The minimum Gasteiger partial charge on any atom is -0.361 e. The molecule has 6 heteroatoms. The summed E-state index contributed by atoms with van der Waals surface area (Å²) in [5.41, 5.74) is 6.23. The molecule has 1 aliphatic heterocycles. The van der Waals surface area contributed by atoms with Gasteiger partial charge in [0.05, 0.1) is 24.1 Å². The van der Waals surface area contributed by atoms with Crippen LogP contribution < -0.4 is 4.90 Å². The van der Waals surface area contributed by atoms with Crippen LogP contribution in [0.2, 0.25) is 0 Å². The van der Waals surface area contributed by atoms with Gasteiger partial charge in [-0.1, -0.05) is 60.7 Å². The molecule has 0 radical (unpaired) electrons. The summed E-state index contributed by atoms with van der Waals surface area (Å²) in [6.07, 6.45) is 7.70. The van der Waals surface area contributed by atoms with Crippen LogP contribution in [-0.2, 0) is 19.5 Å². The first-order chi connectivity index (χ1) is 17.8. The van der Waals surface area contributed by atoms with Crippen molar-refractivity contribution in [3.05, 3.63) is 120 Å². The second kappa shape index (κ2) is 10.6. The molecule has 1 unspecified atom stereocenters. The summed E-state index contributed by atoms with van der Waals surface area (Å²) in [4.78, 5) is 16.0. The van der Waals surface area contributed by atoms with E-state index in [2.05, 4.69) is 103 Å². The molecule has 5 aromatic rings. The van der Waals surface area contributed by atoms with Gasteiger partial charge in [0, 0.05) is 47.5 Å². The minimum absolute atomic E-state index is 0.350. The zero-order chi connectivity index (χ0) is 24.2. The summed E-state index contributed by atoms with van der Waals surface area (Å²) >= 11 is 1.84. The number of imidazole rings is 1. The van der Waals surface area contributed by atoms with E-state index in [9.17, 15) is 0 Å². The molecular formula is C30H29N5S. The third-order valence-corrected chi connectivity index (χ3v) is 7.82. The van der Waals surface area contributed by atoms with Gasteiger partial charge < -0.3 is 9.88 Å².